The second-order valence-corrected chi connectivity index (χ2v) is 8.00. The zero-order valence-electron chi connectivity index (χ0n) is 15.3. The zero-order valence-corrected chi connectivity index (χ0v) is 16.1. The molecule has 7 nitrogen and oxygen atoms in total. The lowest BCUT2D eigenvalue weighted by molar-refractivity contribution is -0.116. The summed E-state index contributed by atoms with van der Waals surface area (Å²) in [4.78, 5) is 24.4. The van der Waals surface area contributed by atoms with Crippen molar-refractivity contribution in [2.45, 2.75) is 18.2 Å². The van der Waals surface area contributed by atoms with Crippen LogP contribution < -0.4 is 10.6 Å². The van der Waals surface area contributed by atoms with E-state index in [0.29, 0.717) is 17.8 Å². The molecule has 2 amide bonds. The summed E-state index contributed by atoms with van der Waals surface area (Å²) in [6.07, 6.45) is 0.824. The maximum Gasteiger partial charge on any atom is 0.251 e. The molecule has 0 unspecified atom stereocenters. The molecule has 8 heteroatoms. The smallest absolute Gasteiger partial charge is 0.251 e. The van der Waals surface area contributed by atoms with E-state index in [2.05, 4.69) is 10.6 Å². The van der Waals surface area contributed by atoms with E-state index in [4.69, 9.17) is 0 Å². The summed E-state index contributed by atoms with van der Waals surface area (Å²) in [6, 6.07) is 14.4. The fourth-order valence-corrected chi connectivity index (χ4v) is 3.49. The van der Waals surface area contributed by atoms with E-state index >= 15 is 0 Å². The molecule has 0 fully saturated rings. The molecule has 2 aromatic rings. The van der Waals surface area contributed by atoms with Gasteiger partial charge in [0.1, 0.15) is 0 Å². The average molecular weight is 389 g/mol. The number of nitrogens with zero attached hydrogens (tertiary/aromatic N) is 1. The molecule has 0 spiro atoms. The molecule has 2 rings (SSSR count). The van der Waals surface area contributed by atoms with Crippen molar-refractivity contribution in [2.75, 3.05) is 25.5 Å². The van der Waals surface area contributed by atoms with Crippen LogP contribution in [0.2, 0.25) is 0 Å². The van der Waals surface area contributed by atoms with Gasteiger partial charge in [-0.05, 0) is 36.8 Å². The van der Waals surface area contributed by atoms with Crippen molar-refractivity contribution >= 4 is 27.5 Å². The number of nitrogens with one attached hydrogen (secondary N) is 2. The van der Waals surface area contributed by atoms with Gasteiger partial charge in [-0.2, -0.15) is 4.31 Å². The summed E-state index contributed by atoms with van der Waals surface area (Å²) >= 11 is 0. The van der Waals surface area contributed by atoms with Gasteiger partial charge in [-0.25, -0.2) is 8.42 Å². The van der Waals surface area contributed by atoms with Crippen LogP contribution in [0.1, 0.15) is 23.7 Å². The van der Waals surface area contributed by atoms with Crippen LogP contribution in [0.25, 0.3) is 0 Å². The Morgan fingerprint density at radius 3 is 2.41 bits per heavy atom. The van der Waals surface area contributed by atoms with E-state index in [9.17, 15) is 18.0 Å². The molecule has 27 heavy (non-hydrogen) atoms. The lowest BCUT2D eigenvalue weighted by Gasteiger charge is -2.17. The van der Waals surface area contributed by atoms with E-state index in [1.54, 1.807) is 42.5 Å². The normalized spacial score (nSPS) is 11.2. The Morgan fingerprint density at radius 1 is 1.04 bits per heavy atom. The molecule has 0 saturated heterocycles. The molecule has 0 heterocycles. The Bertz CT molecular complexity index is 898. The first-order valence-electron chi connectivity index (χ1n) is 8.54. The summed E-state index contributed by atoms with van der Waals surface area (Å²) in [6.45, 7) is 2.18. The molecule has 0 aliphatic carbocycles. The Morgan fingerprint density at radius 2 is 1.74 bits per heavy atom. The number of anilines is 1. The zero-order chi connectivity index (χ0) is 19.9. The lowest BCUT2D eigenvalue weighted by Crippen LogP contribution is -2.35. The van der Waals surface area contributed by atoms with E-state index in [1.165, 1.54) is 19.2 Å². The first kappa shape index (κ1) is 20.6. The molecule has 0 aromatic heterocycles. The second-order valence-electron chi connectivity index (χ2n) is 5.96. The van der Waals surface area contributed by atoms with E-state index in [0.717, 1.165) is 10.7 Å². The van der Waals surface area contributed by atoms with Crippen LogP contribution in [-0.2, 0) is 14.8 Å². The minimum Gasteiger partial charge on any atom is -0.352 e. The van der Waals surface area contributed by atoms with Gasteiger partial charge in [0, 0.05) is 24.8 Å². The molecule has 144 valence electrons. The number of carbonyl (C=O) groups is 2. The molecule has 0 bridgehead atoms. The molecule has 0 saturated carbocycles. The molecule has 0 aliphatic rings. The maximum atomic E-state index is 12.5. The number of likely N-dealkylation sites (N-methyl/N-ethyl adjacent to an activating group) is 1. The monoisotopic (exact) mass is 389 g/mol. The Labute approximate surface area is 159 Å². The van der Waals surface area contributed by atoms with Crippen molar-refractivity contribution < 1.29 is 18.0 Å². The Kier molecular flexibility index (Phi) is 7.09. The summed E-state index contributed by atoms with van der Waals surface area (Å²) in [5.41, 5.74) is 0.848. The lowest BCUT2D eigenvalue weighted by atomic mass is 10.2. The van der Waals surface area contributed by atoms with E-state index < -0.39 is 15.9 Å². The third-order valence-electron chi connectivity index (χ3n) is 3.76. The van der Waals surface area contributed by atoms with Crippen LogP contribution in [0.4, 0.5) is 5.69 Å². The number of benzene rings is 2. The van der Waals surface area contributed by atoms with Crippen molar-refractivity contribution in [3.05, 3.63) is 60.2 Å². The van der Waals surface area contributed by atoms with Crippen molar-refractivity contribution in [1.29, 1.82) is 0 Å². The minimum absolute atomic E-state index is 0.120. The second kappa shape index (κ2) is 9.29. The molecule has 2 aromatic carbocycles. The molecular formula is C19H23N3O4S. The number of amides is 2. The van der Waals surface area contributed by atoms with Gasteiger partial charge >= 0.3 is 0 Å². The Hall–Kier alpha value is -2.71. The predicted octanol–water partition coefficient (Wildman–Crippen LogP) is 2.09. The van der Waals surface area contributed by atoms with Crippen molar-refractivity contribution in [1.82, 2.24) is 9.62 Å². The topological polar surface area (TPSA) is 95.6 Å². The standard InChI is InChI=1S/C19H23N3O4S/c1-3-12-20-19(24)15-8-7-9-16(13-15)21-18(23)14-22(2)27(25,26)17-10-5-4-6-11-17/h4-11,13H,3,12,14H2,1-2H3,(H,20,24)(H,21,23). The largest absolute Gasteiger partial charge is 0.352 e. The van der Waals surface area contributed by atoms with E-state index in [1.807, 2.05) is 6.92 Å². The van der Waals surface area contributed by atoms with Gasteiger partial charge in [0.25, 0.3) is 5.91 Å². The van der Waals surface area contributed by atoms with Gasteiger partial charge in [0.2, 0.25) is 15.9 Å². The SMILES string of the molecule is CCCNC(=O)c1cccc(NC(=O)CN(C)S(=O)(=O)c2ccccc2)c1. The number of sulfonamides is 1. The van der Waals surface area contributed by atoms with Crippen LogP contribution in [0.5, 0.6) is 0 Å². The number of rotatable bonds is 8. The average Bonchev–Trinajstić information content (AvgIpc) is 2.66. The van der Waals surface area contributed by atoms with Gasteiger partial charge < -0.3 is 10.6 Å². The van der Waals surface area contributed by atoms with Crippen LogP contribution in [-0.4, -0.2) is 44.7 Å². The quantitative estimate of drug-likeness (QED) is 0.723. The van der Waals surface area contributed by atoms with Crippen LogP contribution in [0.3, 0.4) is 0 Å². The van der Waals surface area contributed by atoms with Crippen molar-refractivity contribution in [2.24, 2.45) is 0 Å². The van der Waals surface area contributed by atoms with Gasteiger partial charge in [0.05, 0.1) is 11.4 Å². The van der Waals surface area contributed by atoms with Crippen molar-refractivity contribution in [3.63, 3.8) is 0 Å². The van der Waals surface area contributed by atoms with Crippen LogP contribution in [0.15, 0.2) is 59.5 Å². The van der Waals surface area contributed by atoms with Gasteiger partial charge in [-0.3, -0.25) is 9.59 Å². The fraction of sp³-hybridized carbons (Fsp3) is 0.263. The number of carbonyl (C=O) groups excluding carboxylic acids is 2. The fourth-order valence-electron chi connectivity index (χ4n) is 2.34. The third kappa shape index (κ3) is 5.63. The maximum absolute atomic E-state index is 12.5. The summed E-state index contributed by atoms with van der Waals surface area (Å²) in [5.74, 6) is -0.722. The van der Waals surface area contributed by atoms with Crippen LogP contribution >= 0.6 is 0 Å². The molecule has 0 radical (unpaired) electrons. The number of hydrogen-bond acceptors (Lipinski definition) is 4. The minimum atomic E-state index is -3.75. The van der Waals surface area contributed by atoms with E-state index in [-0.39, 0.29) is 17.3 Å². The van der Waals surface area contributed by atoms with Crippen molar-refractivity contribution in [3.8, 4) is 0 Å². The molecule has 0 aliphatic heterocycles. The summed E-state index contributed by atoms with van der Waals surface area (Å²) < 4.78 is 25.9. The van der Waals surface area contributed by atoms with Crippen LogP contribution in [0, 0.1) is 0 Å². The highest BCUT2D eigenvalue weighted by molar-refractivity contribution is 7.89. The highest BCUT2D eigenvalue weighted by Crippen LogP contribution is 2.14. The summed E-state index contributed by atoms with van der Waals surface area (Å²) in [7, 11) is -2.41. The first-order valence-corrected chi connectivity index (χ1v) is 9.98. The predicted molar refractivity (Wildman–Crippen MR) is 104 cm³/mol. The molecule has 2 N–H and O–H groups in total. The summed E-state index contributed by atoms with van der Waals surface area (Å²) in [5, 5.41) is 5.38. The van der Waals surface area contributed by atoms with Gasteiger partial charge in [-0.15, -0.1) is 0 Å². The van der Waals surface area contributed by atoms with Gasteiger partial charge in [-0.1, -0.05) is 31.2 Å². The highest BCUT2D eigenvalue weighted by Gasteiger charge is 2.22. The van der Waals surface area contributed by atoms with Gasteiger partial charge in [0.15, 0.2) is 0 Å². The third-order valence-corrected chi connectivity index (χ3v) is 5.58. The highest BCUT2D eigenvalue weighted by atomic mass is 32.2. The molecule has 0 atom stereocenters. The molecular weight excluding hydrogens is 366 g/mol. The first-order chi connectivity index (χ1) is 12.8. The number of hydrogen-bond donors (Lipinski definition) is 2. The Balaban J connectivity index is 2.02.